The second-order valence-corrected chi connectivity index (χ2v) is 8.79. The van der Waals surface area contributed by atoms with Crippen molar-refractivity contribution < 1.29 is 14.3 Å². The first-order chi connectivity index (χ1) is 16.5. The molecule has 0 bridgehead atoms. The number of aryl methyl sites for hydroxylation is 1. The third-order valence-corrected chi connectivity index (χ3v) is 6.29. The summed E-state index contributed by atoms with van der Waals surface area (Å²) in [4.78, 5) is 25.5. The lowest BCUT2D eigenvalue weighted by Crippen LogP contribution is -2.38. The monoisotopic (exact) mass is 460 g/mol. The Labute approximate surface area is 200 Å². The highest BCUT2D eigenvalue weighted by molar-refractivity contribution is 6.00. The van der Waals surface area contributed by atoms with Crippen LogP contribution in [0.25, 0.3) is 16.9 Å². The standard InChI is InChI=1S/C27H32N4O3/c1-19-11-13-22(14-12-19)31-18-24(25(30-31)21-9-6-10-23(17-21)34-2)27(33)29-16-15-28-26(32)20-7-4-3-5-8-20/h6,9-14,17-18,20H,3-5,7-8,15-16H2,1-2H3,(H,28,32)(H,29,33). The second kappa shape index (κ2) is 11.0. The SMILES string of the molecule is COc1cccc(-c2nn(-c3ccc(C)cc3)cc2C(=O)NCCNC(=O)C2CCCCC2)c1. The van der Waals surface area contributed by atoms with Crippen molar-refractivity contribution in [2.24, 2.45) is 5.92 Å². The molecule has 0 atom stereocenters. The quantitative estimate of drug-likeness (QED) is 0.491. The van der Waals surface area contributed by atoms with Crippen molar-refractivity contribution in [1.82, 2.24) is 20.4 Å². The van der Waals surface area contributed by atoms with Gasteiger partial charge in [-0.25, -0.2) is 4.68 Å². The average Bonchev–Trinajstić information content (AvgIpc) is 3.33. The lowest BCUT2D eigenvalue weighted by molar-refractivity contribution is -0.125. The summed E-state index contributed by atoms with van der Waals surface area (Å²) in [7, 11) is 1.61. The van der Waals surface area contributed by atoms with Gasteiger partial charge in [0.25, 0.3) is 5.91 Å². The number of amides is 2. The summed E-state index contributed by atoms with van der Waals surface area (Å²) in [5.74, 6) is 0.664. The van der Waals surface area contributed by atoms with Gasteiger partial charge in [0.05, 0.1) is 18.4 Å². The van der Waals surface area contributed by atoms with E-state index in [1.165, 1.54) is 6.42 Å². The molecular formula is C27H32N4O3. The Kier molecular flexibility index (Phi) is 7.62. The van der Waals surface area contributed by atoms with E-state index in [-0.39, 0.29) is 17.7 Å². The Hall–Kier alpha value is -3.61. The topological polar surface area (TPSA) is 85.2 Å². The van der Waals surface area contributed by atoms with Gasteiger partial charge in [0.2, 0.25) is 5.91 Å². The van der Waals surface area contributed by atoms with Gasteiger partial charge in [-0.15, -0.1) is 0 Å². The van der Waals surface area contributed by atoms with E-state index >= 15 is 0 Å². The molecule has 0 aliphatic heterocycles. The van der Waals surface area contributed by atoms with Gasteiger partial charge in [0.1, 0.15) is 11.4 Å². The molecule has 2 aromatic carbocycles. The fourth-order valence-electron chi connectivity index (χ4n) is 4.32. The highest BCUT2D eigenvalue weighted by Crippen LogP contribution is 2.27. The van der Waals surface area contributed by atoms with Crippen LogP contribution in [0, 0.1) is 12.8 Å². The van der Waals surface area contributed by atoms with E-state index in [9.17, 15) is 9.59 Å². The van der Waals surface area contributed by atoms with Crippen molar-refractivity contribution in [2.45, 2.75) is 39.0 Å². The van der Waals surface area contributed by atoms with Gasteiger partial charge in [-0.2, -0.15) is 5.10 Å². The first kappa shape index (κ1) is 23.5. The molecule has 7 heteroatoms. The second-order valence-electron chi connectivity index (χ2n) is 8.79. The van der Waals surface area contributed by atoms with Crippen molar-refractivity contribution in [2.75, 3.05) is 20.2 Å². The van der Waals surface area contributed by atoms with Crippen LogP contribution in [0.2, 0.25) is 0 Å². The summed E-state index contributed by atoms with van der Waals surface area (Å²) in [6.45, 7) is 2.78. The number of rotatable bonds is 8. The number of benzene rings is 2. The summed E-state index contributed by atoms with van der Waals surface area (Å²) in [5.41, 5.74) is 3.85. The van der Waals surface area contributed by atoms with Crippen LogP contribution in [0.4, 0.5) is 0 Å². The van der Waals surface area contributed by atoms with E-state index in [2.05, 4.69) is 10.6 Å². The number of ether oxygens (including phenoxy) is 1. The maximum atomic E-state index is 13.1. The molecule has 2 amide bonds. The van der Waals surface area contributed by atoms with Crippen molar-refractivity contribution in [3.8, 4) is 22.7 Å². The molecule has 0 radical (unpaired) electrons. The molecule has 1 saturated carbocycles. The van der Waals surface area contributed by atoms with Gasteiger partial charge >= 0.3 is 0 Å². The first-order valence-corrected chi connectivity index (χ1v) is 11.9. The first-order valence-electron chi connectivity index (χ1n) is 11.9. The Bertz CT molecular complexity index is 1130. The number of hydrogen-bond acceptors (Lipinski definition) is 4. The van der Waals surface area contributed by atoms with Gasteiger partial charge in [-0.3, -0.25) is 9.59 Å². The van der Waals surface area contributed by atoms with E-state index in [1.807, 2.05) is 55.5 Å². The smallest absolute Gasteiger partial charge is 0.255 e. The molecule has 1 aromatic heterocycles. The number of hydrogen-bond donors (Lipinski definition) is 2. The maximum absolute atomic E-state index is 13.1. The van der Waals surface area contributed by atoms with Crippen LogP contribution in [0.1, 0.15) is 48.0 Å². The summed E-state index contributed by atoms with van der Waals surface area (Å²) in [6, 6.07) is 15.5. The summed E-state index contributed by atoms with van der Waals surface area (Å²) in [5, 5.41) is 10.6. The minimum absolute atomic E-state index is 0.0956. The minimum Gasteiger partial charge on any atom is -0.497 e. The van der Waals surface area contributed by atoms with Crippen LogP contribution in [0.3, 0.4) is 0 Å². The summed E-state index contributed by atoms with van der Waals surface area (Å²) >= 11 is 0. The molecule has 3 aromatic rings. The molecule has 1 aliphatic carbocycles. The lowest BCUT2D eigenvalue weighted by Gasteiger charge is -2.20. The fraction of sp³-hybridized carbons (Fsp3) is 0.370. The van der Waals surface area contributed by atoms with Crippen molar-refractivity contribution in [3.63, 3.8) is 0 Å². The van der Waals surface area contributed by atoms with Gasteiger partial charge in [0, 0.05) is 30.8 Å². The zero-order valence-electron chi connectivity index (χ0n) is 19.8. The number of nitrogens with one attached hydrogen (secondary N) is 2. The lowest BCUT2D eigenvalue weighted by atomic mass is 9.89. The molecular weight excluding hydrogens is 428 g/mol. The van der Waals surface area contributed by atoms with Crippen molar-refractivity contribution >= 4 is 11.8 Å². The zero-order chi connectivity index (χ0) is 23.9. The number of nitrogens with zero attached hydrogens (tertiary/aromatic N) is 2. The van der Waals surface area contributed by atoms with Gasteiger partial charge in [0.15, 0.2) is 0 Å². The third kappa shape index (κ3) is 5.65. The molecule has 1 aliphatic rings. The molecule has 0 unspecified atom stereocenters. The number of aromatic nitrogens is 2. The highest BCUT2D eigenvalue weighted by atomic mass is 16.5. The number of methoxy groups -OCH3 is 1. The van der Waals surface area contributed by atoms with E-state index in [0.717, 1.165) is 42.5 Å². The summed E-state index contributed by atoms with van der Waals surface area (Å²) < 4.78 is 7.07. The normalized spacial score (nSPS) is 13.9. The van der Waals surface area contributed by atoms with Gasteiger partial charge in [-0.1, -0.05) is 49.1 Å². The van der Waals surface area contributed by atoms with Crippen molar-refractivity contribution in [3.05, 3.63) is 65.9 Å². The molecule has 2 N–H and O–H groups in total. The average molecular weight is 461 g/mol. The Morgan fingerprint density at radius 1 is 1.03 bits per heavy atom. The van der Waals surface area contributed by atoms with Crippen LogP contribution in [-0.2, 0) is 4.79 Å². The van der Waals surface area contributed by atoms with Crippen LogP contribution < -0.4 is 15.4 Å². The minimum atomic E-state index is -0.233. The fourth-order valence-corrected chi connectivity index (χ4v) is 4.32. The molecule has 1 fully saturated rings. The van der Waals surface area contributed by atoms with Crippen LogP contribution in [0.5, 0.6) is 5.75 Å². The molecule has 34 heavy (non-hydrogen) atoms. The molecule has 7 nitrogen and oxygen atoms in total. The maximum Gasteiger partial charge on any atom is 0.255 e. The Morgan fingerprint density at radius 2 is 1.76 bits per heavy atom. The largest absolute Gasteiger partial charge is 0.497 e. The summed E-state index contributed by atoms with van der Waals surface area (Å²) in [6.07, 6.45) is 7.11. The van der Waals surface area contributed by atoms with E-state index in [4.69, 9.17) is 9.84 Å². The molecule has 0 saturated heterocycles. The van der Waals surface area contributed by atoms with Crippen LogP contribution in [-0.4, -0.2) is 41.8 Å². The van der Waals surface area contributed by atoms with Crippen LogP contribution >= 0.6 is 0 Å². The van der Waals surface area contributed by atoms with E-state index < -0.39 is 0 Å². The molecule has 178 valence electrons. The number of carbonyl (C=O) groups excluding carboxylic acids is 2. The molecule has 0 spiro atoms. The van der Waals surface area contributed by atoms with Gasteiger partial charge in [-0.05, 0) is 44.0 Å². The van der Waals surface area contributed by atoms with Crippen molar-refractivity contribution in [1.29, 1.82) is 0 Å². The Morgan fingerprint density at radius 3 is 2.50 bits per heavy atom. The van der Waals surface area contributed by atoms with E-state index in [1.54, 1.807) is 18.0 Å². The van der Waals surface area contributed by atoms with E-state index in [0.29, 0.717) is 30.1 Å². The Balaban J connectivity index is 1.48. The number of carbonyl (C=O) groups is 2. The molecule has 4 rings (SSSR count). The van der Waals surface area contributed by atoms with Gasteiger partial charge < -0.3 is 15.4 Å². The van der Waals surface area contributed by atoms with Crippen LogP contribution in [0.15, 0.2) is 54.7 Å². The molecule has 1 heterocycles. The predicted molar refractivity (Wildman–Crippen MR) is 132 cm³/mol. The zero-order valence-corrected chi connectivity index (χ0v) is 19.8. The predicted octanol–water partition coefficient (Wildman–Crippen LogP) is 4.28. The highest BCUT2D eigenvalue weighted by Gasteiger charge is 2.21. The third-order valence-electron chi connectivity index (χ3n) is 6.29.